The van der Waals surface area contributed by atoms with Crippen LogP contribution in [0.4, 0.5) is 0 Å². The first-order valence-corrected chi connectivity index (χ1v) is 6.69. The number of carbonyl (C=O) groups excluding carboxylic acids is 1. The molecule has 2 atom stereocenters. The molecule has 2 unspecified atom stereocenters. The highest BCUT2D eigenvalue weighted by molar-refractivity contribution is 5.82. The van der Waals surface area contributed by atoms with E-state index in [0.29, 0.717) is 32.5 Å². The molecule has 0 bridgehead atoms. The highest BCUT2D eigenvalue weighted by Gasteiger charge is 2.45. The van der Waals surface area contributed by atoms with Gasteiger partial charge in [0.15, 0.2) is 0 Å². The van der Waals surface area contributed by atoms with Crippen LogP contribution in [-0.4, -0.2) is 48.1 Å². The van der Waals surface area contributed by atoms with Crippen LogP contribution < -0.4 is 5.32 Å². The molecule has 0 radical (unpaired) electrons. The number of hydrogen-bond acceptors (Lipinski definition) is 3. The Hall–Kier alpha value is -1.10. The van der Waals surface area contributed by atoms with Crippen LogP contribution in [0.2, 0.25) is 0 Å². The molecule has 104 valence electrons. The molecule has 0 aromatic heterocycles. The summed E-state index contributed by atoms with van der Waals surface area (Å²) in [6, 6.07) is 0. The molecular weight excluding hydrogens is 232 g/mol. The van der Waals surface area contributed by atoms with Crippen molar-refractivity contribution in [3.8, 4) is 0 Å². The fourth-order valence-electron chi connectivity index (χ4n) is 2.43. The predicted molar refractivity (Wildman–Crippen MR) is 69.3 cm³/mol. The van der Waals surface area contributed by atoms with Gasteiger partial charge in [-0.3, -0.25) is 9.59 Å². The third-order valence-corrected chi connectivity index (χ3v) is 3.92. The molecular formula is C13H24N2O3. The van der Waals surface area contributed by atoms with Crippen LogP contribution in [0.5, 0.6) is 0 Å². The molecule has 1 heterocycles. The van der Waals surface area contributed by atoms with Gasteiger partial charge in [0.25, 0.3) is 0 Å². The number of carbonyl (C=O) groups is 2. The maximum absolute atomic E-state index is 12.2. The number of hydrogen-bond donors (Lipinski definition) is 2. The minimum Gasteiger partial charge on any atom is -0.481 e. The molecule has 0 aromatic rings. The Morgan fingerprint density at radius 3 is 2.56 bits per heavy atom. The molecule has 1 fully saturated rings. The molecule has 1 aliphatic rings. The van der Waals surface area contributed by atoms with Crippen molar-refractivity contribution in [2.75, 3.05) is 26.2 Å². The second-order valence-electron chi connectivity index (χ2n) is 5.16. The number of carboxylic acid groups (broad SMARTS) is 1. The molecule has 0 saturated carbocycles. The zero-order chi connectivity index (χ0) is 13.8. The van der Waals surface area contributed by atoms with Crippen LogP contribution in [0, 0.1) is 11.3 Å². The third kappa shape index (κ3) is 3.02. The van der Waals surface area contributed by atoms with E-state index in [9.17, 15) is 14.7 Å². The summed E-state index contributed by atoms with van der Waals surface area (Å²) < 4.78 is 0. The highest BCUT2D eigenvalue weighted by Crippen LogP contribution is 2.34. The molecule has 1 amide bonds. The van der Waals surface area contributed by atoms with Crippen LogP contribution >= 0.6 is 0 Å². The van der Waals surface area contributed by atoms with Gasteiger partial charge in [0.2, 0.25) is 5.91 Å². The topological polar surface area (TPSA) is 69.6 Å². The standard InChI is InChI=1S/C13H24N2O3/c1-4-13(12(17)18)6-7-15(9-13)11(16)10(3)8-14-5-2/h10,14H,4-9H2,1-3H3,(H,17,18). The van der Waals surface area contributed by atoms with Gasteiger partial charge >= 0.3 is 5.97 Å². The average Bonchev–Trinajstić information content (AvgIpc) is 2.80. The molecule has 18 heavy (non-hydrogen) atoms. The fourth-order valence-corrected chi connectivity index (χ4v) is 2.43. The minimum atomic E-state index is -0.778. The lowest BCUT2D eigenvalue weighted by atomic mass is 9.84. The summed E-state index contributed by atoms with van der Waals surface area (Å²) in [6.07, 6.45) is 1.15. The summed E-state index contributed by atoms with van der Waals surface area (Å²) >= 11 is 0. The quantitative estimate of drug-likeness (QED) is 0.742. The van der Waals surface area contributed by atoms with E-state index in [4.69, 9.17) is 0 Å². The number of amides is 1. The first-order valence-electron chi connectivity index (χ1n) is 6.69. The zero-order valence-corrected chi connectivity index (χ0v) is 11.5. The van der Waals surface area contributed by atoms with Crippen LogP contribution in [0.1, 0.15) is 33.6 Å². The molecule has 1 rings (SSSR count). The number of carboxylic acids is 1. The molecule has 2 N–H and O–H groups in total. The van der Waals surface area contributed by atoms with Gasteiger partial charge < -0.3 is 15.3 Å². The fraction of sp³-hybridized carbons (Fsp3) is 0.846. The average molecular weight is 256 g/mol. The van der Waals surface area contributed by atoms with Crippen molar-refractivity contribution < 1.29 is 14.7 Å². The molecule has 5 heteroatoms. The van der Waals surface area contributed by atoms with E-state index in [2.05, 4.69) is 5.32 Å². The SMILES string of the molecule is CCNCC(C)C(=O)N1CCC(CC)(C(=O)O)C1. The molecule has 1 saturated heterocycles. The van der Waals surface area contributed by atoms with E-state index < -0.39 is 11.4 Å². The summed E-state index contributed by atoms with van der Waals surface area (Å²) in [5.74, 6) is -0.807. The monoisotopic (exact) mass is 256 g/mol. The van der Waals surface area contributed by atoms with E-state index in [-0.39, 0.29) is 11.8 Å². The van der Waals surface area contributed by atoms with Gasteiger partial charge in [-0.15, -0.1) is 0 Å². The number of rotatable bonds is 6. The van der Waals surface area contributed by atoms with E-state index in [1.165, 1.54) is 0 Å². The lowest BCUT2D eigenvalue weighted by molar-refractivity contribution is -0.148. The summed E-state index contributed by atoms with van der Waals surface area (Å²) in [4.78, 5) is 25.2. The molecule has 0 aromatic carbocycles. The summed E-state index contributed by atoms with van der Waals surface area (Å²) in [6.45, 7) is 8.18. The Bertz CT molecular complexity index is 319. The van der Waals surface area contributed by atoms with Crippen molar-refractivity contribution in [3.05, 3.63) is 0 Å². The predicted octanol–water partition coefficient (Wildman–Crippen LogP) is 0.945. The Labute approximate surface area is 109 Å². The number of nitrogens with one attached hydrogen (secondary N) is 1. The first-order chi connectivity index (χ1) is 8.46. The van der Waals surface area contributed by atoms with Crippen LogP contribution in [-0.2, 0) is 9.59 Å². The van der Waals surface area contributed by atoms with Gasteiger partial charge in [0, 0.05) is 25.6 Å². The second kappa shape index (κ2) is 6.18. The van der Waals surface area contributed by atoms with Crippen LogP contribution in [0.3, 0.4) is 0 Å². The zero-order valence-electron chi connectivity index (χ0n) is 11.5. The Balaban J connectivity index is 2.60. The number of likely N-dealkylation sites (tertiary alicyclic amines) is 1. The van der Waals surface area contributed by atoms with Crippen LogP contribution in [0.15, 0.2) is 0 Å². The molecule has 0 spiro atoms. The van der Waals surface area contributed by atoms with Crippen molar-refractivity contribution in [3.63, 3.8) is 0 Å². The van der Waals surface area contributed by atoms with Crippen LogP contribution in [0.25, 0.3) is 0 Å². The molecule has 5 nitrogen and oxygen atoms in total. The van der Waals surface area contributed by atoms with Crippen molar-refractivity contribution in [1.82, 2.24) is 10.2 Å². The Morgan fingerprint density at radius 2 is 2.11 bits per heavy atom. The van der Waals surface area contributed by atoms with Gasteiger partial charge in [0.1, 0.15) is 0 Å². The van der Waals surface area contributed by atoms with E-state index in [1.807, 2.05) is 20.8 Å². The van der Waals surface area contributed by atoms with E-state index in [0.717, 1.165) is 6.54 Å². The molecule has 0 aliphatic carbocycles. The van der Waals surface area contributed by atoms with Crippen molar-refractivity contribution in [2.45, 2.75) is 33.6 Å². The third-order valence-electron chi connectivity index (χ3n) is 3.92. The minimum absolute atomic E-state index is 0.0625. The normalized spacial score (nSPS) is 25.2. The van der Waals surface area contributed by atoms with Gasteiger partial charge in [-0.1, -0.05) is 20.8 Å². The van der Waals surface area contributed by atoms with Gasteiger partial charge in [-0.05, 0) is 19.4 Å². The van der Waals surface area contributed by atoms with Crippen molar-refractivity contribution in [2.24, 2.45) is 11.3 Å². The summed E-state index contributed by atoms with van der Waals surface area (Å²) in [7, 11) is 0. The van der Waals surface area contributed by atoms with E-state index >= 15 is 0 Å². The van der Waals surface area contributed by atoms with Gasteiger partial charge in [-0.2, -0.15) is 0 Å². The van der Waals surface area contributed by atoms with Gasteiger partial charge in [0.05, 0.1) is 5.41 Å². The largest absolute Gasteiger partial charge is 0.481 e. The summed E-state index contributed by atoms with van der Waals surface area (Å²) in [5, 5.41) is 12.4. The van der Waals surface area contributed by atoms with Gasteiger partial charge in [-0.25, -0.2) is 0 Å². The number of nitrogens with zero attached hydrogens (tertiary/aromatic N) is 1. The molecule has 1 aliphatic heterocycles. The lowest BCUT2D eigenvalue weighted by Gasteiger charge is -2.25. The summed E-state index contributed by atoms with van der Waals surface area (Å²) in [5.41, 5.74) is -0.729. The highest BCUT2D eigenvalue weighted by atomic mass is 16.4. The van der Waals surface area contributed by atoms with Crippen molar-refractivity contribution in [1.29, 1.82) is 0 Å². The number of aliphatic carboxylic acids is 1. The Kier molecular flexibility index (Phi) is 5.14. The Morgan fingerprint density at radius 1 is 1.44 bits per heavy atom. The smallest absolute Gasteiger partial charge is 0.311 e. The van der Waals surface area contributed by atoms with Crippen molar-refractivity contribution >= 4 is 11.9 Å². The van der Waals surface area contributed by atoms with E-state index in [1.54, 1.807) is 4.90 Å². The maximum atomic E-state index is 12.2. The lowest BCUT2D eigenvalue weighted by Crippen LogP contribution is -2.40. The first kappa shape index (κ1) is 15.0. The second-order valence-corrected chi connectivity index (χ2v) is 5.16. The maximum Gasteiger partial charge on any atom is 0.311 e.